The second-order valence-electron chi connectivity index (χ2n) is 5.32. The molecule has 0 spiro atoms. The highest BCUT2D eigenvalue weighted by Crippen LogP contribution is 2.37. The molecule has 6 heteroatoms. The highest BCUT2D eigenvalue weighted by molar-refractivity contribution is 7.09. The van der Waals surface area contributed by atoms with Crippen molar-refractivity contribution in [1.29, 1.82) is 0 Å². The van der Waals surface area contributed by atoms with Crippen LogP contribution >= 0.6 is 11.3 Å². The lowest BCUT2D eigenvalue weighted by Crippen LogP contribution is -2.34. The number of hydrogen-bond donors (Lipinski definition) is 2. The van der Waals surface area contributed by atoms with Crippen molar-refractivity contribution in [3.8, 4) is 0 Å². The molecule has 1 heterocycles. The number of rotatable bonds is 4. The van der Waals surface area contributed by atoms with Gasteiger partial charge in [-0.05, 0) is 35.6 Å². The molecular formula is C15H17F3N2S. The lowest BCUT2D eigenvalue weighted by molar-refractivity contribution is -0.137. The molecule has 0 saturated heterocycles. The Kier molecular flexibility index (Phi) is 4.30. The van der Waals surface area contributed by atoms with Crippen LogP contribution in [0.4, 0.5) is 18.9 Å². The molecule has 2 aromatic rings. The molecule has 0 saturated carbocycles. The maximum atomic E-state index is 12.7. The summed E-state index contributed by atoms with van der Waals surface area (Å²) in [7, 11) is 0. The van der Waals surface area contributed by atoms with Gasteiger partial charge >= 0.3 is 6.18 Å². The number of anilines is 1. The van der Waals surface area contributed by atoms with Gasteiger partial charge < -0.3 is 11.5 Å². The van der Waals surface area contributed by atoms with Gasteiger partial charge in [0.2, 0.25) is 0 Å². The topological polar surface area (TPSA) is 52.0 Å². The molecule has 0 bridgehead atoms. The summed E-state index contributed by atoms with van der Waals surface area (Å²) in [6.07, 6.45) is -3.74. The molecule has 1 atom stereocenters. The molecular weight excluding hydrogens is 297 g/mol. The van der Waals surface area contributed by atoms with Crippen LogP contribution in [0.1, 0.15) is 22.9 Å². The Labute approximate surface area is 125 Å². The third kappa shape index (κ3) is 3.39. The Morgan fingerprint density at radius 3 is 2.38 bits per heavy atom. The van der Waals surface area contributed by atoms with E-state index in [-0.39, 0.29) is 5.69 Å². The standard InChI is InChI=1S/C15H17F3N2S/c1-14(9-19,8-11-3-2-6-21-11)12-5-4-10(7-13(12)20)15(16,17)18/h2-7H,8-9,19-20H2,1H3. The third-order valence-corrected chi connectivity index (χ3v) is 4.50. The third-order valence-electron chi connectivity index (χ3n) is 3.62. The number of thiophene rings is 1. The normalized spacial score (nSPS) is 14.9. The summed E-state index contributed by atoms with van der Waals surface area (Å²) in [5, 5.41) is 1.96. The predicted octanol–water partition coefficient (Wildman–Crippen LogP) is 3.81. The number of alkyl halides is 3. The number of nitrogens with two attached hydrogens (primary N) is 2. The van der Waals surface area contributed by atoms with E-state index in [0.29, 0.717) is 18.5 Å². The first-order valence-corrected chi connectivity index (χ1v) is 7.34. The number of benzene rings is 1. The Bertz CT molecular complexity index is 608. The summed E-state index contributed by atoms with van der Waals surface area (Å²) < 4.78 is 38.1. The Morgan fingerprint density at radius 2 is 1.90 bits per heavy atom. The van der Waals surface area contributed by atoms with Crippen LogP contribution in [0, 0.1) is 0 Å². The van der Waals surface area contributed by atoms with Crippen molar-refractivity contribution >= 4 is 17.0 Å². The predicted molar refractivity (Wildman–Crippen MR) is 80.3 cm³/mol. The van der Waals surface area contributed by atoms with E-state index in [1.54, 1.807) is 11.3 Å². The number of halogens is 3. The average Bonchev–Trinajstić information content (AvgIpc) is 2.90. The summed E-state index contributed by atoms with van der Waals surface area (Å²) in [6, 6.07) is 7.41. The van der Waals surface area contributed by atoms with Gasteiger partial charge in [0.05, 0.1) is 5.56 Å². The molecule has 0 radical (unpaired) electrons. The number of nitrogen functional groups attached to an aromatic ring is 1. The van der Waals surface area contributed by atoms with Gasteiger partial charge in [-0.15, -0.1) is 11.3 Å². The quantitative estimate of drug-likeness (QED) is 0.843. The minimum atomic E-state index is -4.39. The maximum absolute atomic E-state index is 12.7. The molecule has 1 unspecified atom stereocenters. The van der Waals surface area contributed by atoms with E-state index in [0.717, 1.165) is 17.0 Å². The molecule has 0 aliphatic carbocycles. The van der Waals surface area contributed by atoms with Crippen LogP contribution in [-0.4, -0.2) is 6.54 Å². The smallest absolute Gasteiger partial charge is 0.398 e. The van der Waals surface area contributed by atoms with Crippen molar-refractivity contribution in [1.82, 2.24) is 0 Å². The van der Waals surface area contributed by atoms with Crippen LogP contribution in [0.25, 0.3) is 0 Å². The Morgan fingerprint density at radius 1 is 1.19 bits per heavy atom. The van der Waals surface area contributed by atoms with Crippen molar-refractivity contribution in [2.24, 2.45) is 5.73 Å². The van der Waals surface area contributed by atoms with E-state index in [9.17, 15) is 13.2 Å². The van der Waals surface area contributed by atoms with Crippen molar-refractivity contribution in [3.05, 3.63) is 51.7 Å². The van der Waals surface area contributed by atoms with Crippen molar-refractivity contribution in [2.75, 3.05) is 12.3 Å². The van der Waals surface area contributed by atoms with Gasteiger partial charge in [0.25, 0.3) is 0 Å². The van der Waals surface area contributed by atoms with Gasteiger partial charge in [-0.2, -0.15) is 13.2 Å². The van der Waals surface area contributed by atoms with Gasteiger partial charge in [-0.3, -0.25) is 0 Å². The first-order valence-electron chi connectivity index (χ1n) is 6.46. The zero-order valence-electron chi connectivity index (χ0n) is 11.6. The summed E-state index contributed by atoms with van der Waals surface area (Å²) in [5.74, 6) is 0. The van der Waals surface area contributed by atoms with E-state index < -0.39 is 17.2 Å². The van der Waals surface area contributed by atoms with E-state index in [1.165, 1.54) is 6.07 Å². The molecule has 1 aromatic heterocycles. The highest BCUT2D eigenvalue weighted by atomic mass is 32.1. The minimum Gasteiger partial charge on any atom is -0.398 e. The van der Waals surface area contributed by atoms with Gasteiger partial charge in [0.1, 0.15) is 0 Å². The molecule has 2 rings (SSSR count). The van der Waals surface area contributed by atoms with E-state index in [4.69, 9.17) is 11.5 Å². The summed E-state index contributed by atoms with van der Waals surface area (Å²) >= 11 is 1.60. The largest absolute Gasteiger partial charge is 0.416 e. The van der Waals surface area contributed by atoms with Crippen molar-refractivity contribution < 1.29 is 13.2 Å². The van der Waals surface area contributed by atoms with E-state index >= 15 is 0 Å². The molecule has 4 N–H and O–H groups in total. The van der Waals surface area contributed by atoms with Gasteiger partial charge in [0.15, 0.2) is 0 Å². The molecule has 0 aliphatic rings. The van der Waals surface area contributed by atoms with Crippen molar-refractivity contribution in [2.45, 2.75) is 24.9 Å². The van der Waals surface area contributed by atoms with Crippen LogP contribution in [0.5, 0.6) is 0 Å². The van der Waals surface area contributed by atoms with Gasteiger partial charge in [-0.1, -0.05) is 19.1 Å². The molecule has 0 fully saturated rings. The molecule has 114 valence electrons. The van der Waals surface area contributed by atoms with Gasteiger partial charge in [-0.25, -0.2) is 0 Å². The highest BCUT2D eigenvalue weighted by Gasteiger charge is 2.33. The van der Waals surface area contributed by atoms with Crippen LogP contribution in [-0.2, 0) is 18.0 Å². The van der Waals surface area contributed by atoms with Crippen LogP contribution in [0.3, 0.4) is 0 Å². The van der Waals surface area contributed by atoms with Crippen LogP contribution in [0.15, 0.2) is 35.7 Å². The van der Waals surface area contributed by atoms with Crippen LogP contribution in [0.2, 0.25) is 0 Å². The lowest BCUT2D eigenvalue weighted by Gasteiger charge is -2.30. The van der Waals surface area contributed by atoms with E-state index in [1.807, 2.05) is 24.4 Å². The maximum Gasteiger partial charge on any atom is 0.416 e. The summed E-state index contributed by atoms with van der Waals surface area (Å²) in [4.78, 5) is 1.13. The zero-order valence-corrected chi connectivity index (χ0v) is 12.4. The zero-order chi connectivity index (χ0) is 15.7. The first kappa shape index (κ1) is 15.9. The molecule has 2 nitrogen and oxygen atoms in total. The molecule has 1 aromatic carbocycles. The van der Waals surface area contributed by atoms with E-state index in [2.05, 4.69) is 0 Å². The SMILES string of the molecule is CC(CN)(Cc1cccs1)c1ccc(C(F)(F)F)cc1N. The van der Waals surface area contributed by atoms with Crippen LogP contribution < -0.4 is 11.5 Å². The first-order chi connectivity index (χ1) is 9.76. The van der Waals surface area contributed by atoms with Crippen molar-refractivity contribution in [3.63, 3.8) is 0 Å². The average molecular weight is 314 g/mol. The molecule has 21 heavy (non-hydrogen) atoms. The molecule has 0 aliphatic heterocycles. The lowest BCUT2D eigenvalue weighted by atomic mass is 9.78. The summed E-state index contributed by atoms with van der Waals surface area (Å²) in [5.41, 5.74) is 11.3. The van der Waals surface area contributed by atoms with Gasteiger partial charge in [0, 0.05) is 22.5 Å². The molecule has 0 amide bonds. The fraction of sp³-hybridized carbons (Fsp3) is 0.333. The minimum absolute atomic E-state index is 0.134. The second-order valence-corrected chi connectivity index (χ2v) is 6.35. The fourth-order valence-corrected chi connectivity index (χ4v) is 3.25. The summed E-state index contributed by atoms with van der Waals surface area (Å²) in [6.45, 7) is 2.23. The fourth-order valence-electron chi connectivity index (χ4n) is 2.36. The number of hydrogen-bond acceptors (Lipinski definition) is 3. The second kappa shape index (κ2) is 5.69. The Balaban J connectivity index is 2.38. The Hall–Kier alpha value is -1.53. The monoisotopic (exact) mass is 314 g/mol.